The van der Waals surface area contributed by atoms with Crippen LogP contribution in [0.4, 0.5) is 0 Å². The van der Waals surface area contributed by atoms with E-state index >= 15 is 0 Å². The molecule has 1 fully saturated rings. The van der Waals surface area contributed by atoms with E-state index < -0.39 is 0 Å². The van der Waals surface area contributed by atoms with E-state index in [-0.39, 0.29) is 17.9 Å². The molecule has 2 N–H and O–H groups in total. The zero-order chi connectivity index (χ0) is 16.7. The van der Waals surface area contributed by atoms with E-state index in [0.717, 1.165) is 30.8 Å². The van der Waals surface area contributed by atoms with Crippen LogP contribution in [0.15, 0.2) is 29.2 Å². The summed E-state index contributed by atoms with van der Waals surface area (Å²) < 4.78 is 0. The molecule has 1 aromatic carbocycles. The Balaban J connectivity index is 1.93. The number of amides is 2. The molecule has 126 valence electrons. The topological polar surface area (TPSA) is 61.4 Å². The zero-order valence-corrected chi connectivity index (χ0v) is 14.6. The van der Waals surface area contributed by atoms with Gasteiger partial charge in [0.15, 0.2) is 0 Å². The highest BCUT2D eigenvalue weighted by Gasteiger charge is 2.19. The molecular weight excluding hydrogens is 310 g/mol. The van der Waals surface area contributed by atoms with Gasteiger partial charge in [0.1, 0.15) is 0 Å². The second-order valence-electron chi connectivity index (χ2n) is 5.77. The smallest absolute Gasteiger partial charge is 0.252 e. The lowest BCUT2D eigenvalue weighted by molar-refractivity contribution is -0.127. The van der Waals surface area contributed by atoms with Gasteiger partial charge in [-0.25, -0.2) is 0 Å². The van der Waals surface area contributed by atoms with Crippen LogP contribution in [-0.4, -0.2) is 55.2 Å². The maximum atomic E-state index is 12.3. The maximum absolute atomic E-state index is 12.3. The first-order chi connectivity index (χ1) is 11.1. The van der Waals surface area contributed by atoms with Gasteiger partial charge in [-0.05, 0) is 38.9 Å². The number of likely N-dealkylation sites (N-methyl/N-ethyl adjacent to an activating group) is 1. The largest absolute Gasteiger partial charge is 0.350 e. The molecule has 0 bridgehead atoms. The molecule has 2 rings (SSSR count). The van der Waals surface area contributed by atoms with Crippen molar-refractivity contribution in [1.29, 1.82) is 0 Å². The van der Waals surface area contributed by atoms with Crippen LogP contribution in [0.1, 0.15) is 30.1 Å². The van der Waals surface area contributed by atoms with Gasteiger partial charge in [-0.1, -0.05) is 12.1 Å². The van der Waals surface area contributed by atoms with Crippen molar-refractivity contribution in [2.45, 2.75) is 30.7 Å². The van der Waals surface area contributed by atoms with Gasteiger partial charge in [0.2, 0.25) is 5.91 Å². The van der Waals surface area contributed by atoms with Crippen molar-refractivity contribution in [2.75, 3.05) is 32.4 Å². The van der Waals surface area contributed by atoms with Crippen LogP contribution in [0, 0.1) is 0 Å². The van der Waals surface area contributed by atoms with Gasteiger partial charge in [-0.3, -0.25) is 9.59 Å². The van der Waals surface area contributed by atoms with Crippen LogP contribution in [0.5, 0.6) is 0 Å². The van der Waals surface area contributed by atoms with Gasteiger partial charge in [0, 0.05) is 30.6 Å². The molecule has 1 unspecified atom stereocenters. The molecule has 0 saturated carbocycles. The highest BCUT2D eigenvalue weighted by atomic mass is 32.2. The van der Waals surface area contributed by atoms with Gasteiger partial charge in [0.05, 0.1) is 11.3 Å². The van der Waals surface area contributed by atoms with Crippen molar-refractivity contribution >= 4 is 23.6 Å². The molecule has 1 saturated heterocycles. The molecule has 1 aliphatic rings. The van der Waals surface area contributed by atoms with Crippen molar-refractivity contribution in [3.8, 4) is 0 Å². The highest BCUT2D eigenvalue weighted by Crippen LogP contribution is 2.23. The molecule has 6 heteroatoms. The number of nitrogens with one attached hydrogen (secondary N) is 2. The summed E-state index contributed by atoms with van der Waals surface area (Å²) in [5, 5.41) is 6.01. The van der Waals surface area contributed by atoms with Crippen molar-refractivity contribution in [2.24, 2.45) is 0 Å². The average molecular weight is 335 g/mol. The number of hydrogen-bond acceptors (Lipinski definition) is 4. The van der Waals surface area contributed by atoms with Gasteiger partial charge >= 0.3 is 0 Å². The average Bonchev–Trinajstić information content (AvgIpc) is 3.12. The second kappa shape index (κ2) is 8.93. The summed E-state index contributed by atoms with van der Waals surface area (Å²) in [7, 11) is 1.87. The molecule has 1 atom stereocenters. The van der Waals surface area contributed by atoms with E-state index in [1.165, 1.54) is 11.8 Å². The fourth-order valence-electron chi connectivity index (χ4n) is 2.42. The molecular formula is C17H25N3O2S. The van der Waals surface area contributed by atoms with Crippen LogP contribution < -0.4 is 10.6 Å². The van der Waals surface area contributed by atoms with Crippen molar-refractivity contribution in [1.82, 2.24) is 15.5 Å². The second-order valence-corrected chi connectivity index (χ2v) is 6.79. The number of thioether (sulfide) groups is 1. The van der Waals surface area contributed by atoms with E-state index in [1.807, 2.05) is 43.1 Å². The maximum Gasteiger partial charge on any atom is 0.252 e. The van der Waals surface area contributed by atoms with Crippen molar-refractivity contribution in [3.63, 3.8) is 0 Å². The van der Waals surface area contributed by atoms with Crippen LogP contribution in [0.3, 0.4) is 0 Å². The third kappa shape index (κ3) is 5.25. The van der Waals surface area contributed by atoms with E-state index in [4.69, 9.17) is 0 Å². The fourth-order valence-corrected chi connectivity index (χ4v) is 3.37. The van der Waals surface area contributed by atoms with E-state index in [0.29, 0.717) is 17.9 Å². The van der Waals surface area contributed by atoms with Crippen LogP contribution in [-0.2, 0) is 4.79 Å². The Morgan fingerprint density at radius 1 is 1.26 bits per heavy atom. The number of nitrogens with zero attached hydrogens (tertiary/aromatic N) is 1. The Bertz CT molecular complexity index is 544. The van der Waals surface area contributed by atoms with Gasteiger partial charge in [-0.15, -0.1) is 11.8 Å². The number of benzene rings is 1. The Morgan fingerprint density at radius 3 is 2.65 bits per heavy atom. The molecule has 0 aliphatic carbocycles. The summed E-state index contributed by atoms with van der Waals surface area (Å²) in [6, 6.07) is 7.68. The van der Waals surface area contributed by atoms with E-state index in [9.17, 15) is 9.59 Å². The first kappa shape index (κ1) is 17.8. The molecule has 1 aromatic rings. The standard InChI is InChI=1S/C17H25N3O2S/c1-13(18-2)11-19-17(22)14-7-3-4-8-15(14)23-12-16(21)20-9-5-6-10-20/h3-4,7-8,13,18H,5-6,9-12H2,1-2H3,(H,19,22). The molecule has 0 spiro atoms. The Morgan fingerprint density at radius 2 is 1.96 bits per heavy atom. The molecule has 0 radical (unpaired) electrons. The Labute approximate surface area is 142 Å². The number of carbonyl (C=O) groups excluding carboxylic acids is 2. The van der Waals surface area contributed by atoms with Gasteiger partial charge < -0.3 is 15.5 Å². The highest BCUT2D eigenvalue weighted by molar-refractivity contribution is 8.00. The molecule has 1 aliphatic heterocycles. The van der Waals surface area contributed by atoms with Crippen LogP contribution in [0.2, 0.25) is 0 Å². The number of likely N-dealkylation sites (tertiary alicyclic amines) is 1. The Kier molecular flexibility index (Phi) is 6.92. The first-order valence-corrected chi connectivity index (χ1v) is 9.05. The van der Waals surface area contributed by atoms with E-state index in [2.05, 4.69) is 10.6 Å². The summed E-state index contributed by atoms with van der Waals surface area (Å²) in [4.78, 5) is 27.3. The summed E-state index contributed by atoms with van der Waals surface area (Å²) in [5.74, 6) is 0.451. The first-order valence-electron chi connectivity index (χ1n) is 8.07. The zero-order valence-electron chi connectivity index (χ0n) is 13.8. The SMILES string of the molecule is CNC(C)CNC(=O)c1ccccc1SCC(=O)N1CCCC1. The molecule has 5 nitrogen and oxygen atoms in total. The molecule has 23 heavy (non-hydrogen) atoms. The number of carbonyl (C=O) groups is 2. The quantitative estimate of drug-likeness (QED) is 0.745. The molecule has 1 heterocycles. The predicted octanol–water partition coefficient (Wildman–Crippen LogP) is 1.74. The van der Waals surface area contributed by atoms with Crippen molar-refractivity contribution < 1.29 is 9.59 Å². The summed E-state index contributed by atoms with van der Waals surface area (Å²) >= 11 is 1.44. The van der Waals surface area contributed by atoms with Gasteiger partial charge in [0.25, 0.3) is 5.91 Å². The van der Waals surface area contributed by atoms with Crippen LogP contribution >= 0.6 is 11.8 Å². The third-order valence-corrected chi connectivity index (χ3v) is 5.06. The monoisotopic (exact) mass is 335 g/mol. The van der Waals surface area contributed by atoms with E-state index in [1.54, 1.807) is 0 Å². The summed E-state index contributed by atoms with van der Waals surface area (Å²) in [5.41, 5.74) is 0.634. The Hall–Kier alpha value is -1.53. The minimum Gasteiger partial charge on any atom is -0.350 e. The van der Waals surface area contributed by atoms with Crippen molar-refractivity contribution in [3.05, 3.63) is 29.8 Å². The normalized spacial score (nSPS) is 15.5. The summed E-state index contributed by atoms with van der Waals surface area (Å²) in [6.07, 6.45) is 2.19. The third-order valence-electron chi connectivity index (χ3n) is 4.00. The summed E-state index contributed by atoms with van der Waals surface area (Å²) in [6.45, 7) is 4.31. The van der Waals surface area contributed by atoms with Crippen LogP contribution in [0.25, 0.3) is 0 Å². The lowest BCUT2D eigenvalue weighted by atomic mass is 10.2. The minimum atomic E-state index is -0.0937. The molecule has 2 amide bonds. The minimum absolute atomic E-state index is 0.0937. The number of hydrogen-bond donors (Lipinski definition) is 2. The number of rotatable bonds is 7. The lowest BCUT2D eigenvalue weighted by Crippen LogP contribution is -2.37. The molecule has 0 aromatic heterocycles. The lowest BCUT2D eigenvalue weighted by Gasteiger charge is -2.16. The predicted molar refractivity (Wildman–Crippen MR) is 93.8 cm³/mol. The van der Waals surface area contributed by atoms with Gasteiger partial charge in [-0.2, -0.15) is 0 Å². The fraction of sp³-hybridized carbons (Fsp3) is 0.529.